The maximum absolute atomic E-state index is 13.3. The van der Waals surface area contributed by atoms with Gasteiger partial charge in [-0.2, -0.15) is 0 Å². The number of ether oxygens (including phenoxy) is 8. The first-order valence-corrected chi connectivity index (χ1v) is 31.4. The molecule has 0 saturated heterocycles. The Hall–Kier alpha value is -3.30. The lowest BCUT2D eigenvalue weighted by Gasteiger charge is -2.22. The third-order valence-corrected chi connectivity index (χ3v) is 16.5. The predicted molar refractivity (Wildman–Crippen MR) is 296 cm³/mol. The van der Waals surface area contributed by atoms with Gasteiger partial charge >= 0.3 is 35.8 Å². The van der Waals surface area contributed by atoms with Crippen molar-refractivity contribution in [2.24, 2.45) is 23.7 Å². The molecule has 0 aliphatic heterocycles. The molecule has 0 aromatic rings. The van der Waals surface area contributed by atoms with Crippen molar-refractivity contribution in [1.29, 1.82) is 0 Å². The lowest BCUT2D eigenvalue weighted by atomic mass is 9.86. The average Bonchev–Trinajstić information content (AvgIpc) is 3.42. The maximum Gasteiger partial charge on any atom is 0.306 e. The highest BCUT2D eigenvalue weighted by Crippen LogP contribution is 2.31. The molecule has 0 aromatic heterocycles. The van der Waals surface area contributed by atoms with E-state index in [1.54, 1.807) is 0 Å². The van der Waals surface area contributed by atoms with E-state index in [-0.39, 0.29) is 75.9 Å². The fourth-order valence-electron chi connectivity index (χ4n) is 11.9. The summed E-state index contributed by atoms with van der Waals surface area (Å²) in [5.74, 6) is 0.688. The summed E-state index contributed by atoms with van der Waals surface area (Å²) in [7, 11) is 3.92. The van der Waals surface area contributed by atoms with Gasteiger partial charge in [-0.3, -0.25) is 28.8 Å². The zero-order chi connectivity index (χ0) is 55.0. The van der Waals surface area contributed by atoms with Gasteiger partial charge in [0.15, 0.2) is 6.10 Å². The summed E-state index contributed by atoms with van der Waals surface area (Å²) in [5, 5.41) is 0. The molecule has 77 heavy (non-hydrogen) atoms. The van der Waals surface area contributed by atoms with Gasteiger partial charge < -0.3 is 42.8 Å². The van der Waals surface area contributed by atoms with Crippen LogP contribution >= 0.6 is 0 Å². The monoisotopic (exact) mass is 1090 g/mol. The first-order chi connectivity index (χ1) is 37.5. The zero-order valence-corrected chi connectivity index (χ0v) is 48.4. The number of nitrogens with zero attached hydrogens (tertiary/aromatic N) is 1. The van der Waals surface area contributed by atoms with E-state index >= 15 is 0 Å². The standard InChI is InChI=1S/C62H107NO14/c1-63(2)43-22-42-62(69)76-54(36-21-41-61(68)77-56(47-73-59(66)39-19-33-52-27-11-5-12-28-52)48-74-60(67)40-20-34-53-29-13-6-14-30-53)35-15-16-44-70-49-75-55(45-71-57(64)37-17-31-50-23-7-3-8-24-50)46-72-58(65)38-18-32-51-25-9-4-10-26-51/h50-56H,3-49H2,1-2H3. The van der Waals surface area contributed by atoms with Crippen molar-refractivity contribution < 1.29 is 66.7 Å². The molecule has 4 aliphatic rings. The van der Waals surface area contributed by atoms with Crippen molar-refractivity contribution in [2.45, 2.75) is 275 Å². The van der Waals surface area contributed by atoms with E-state index in [9.17, 15) is 28.8 Å². The number of carbonyl (C=O) groups excluding carboxylic acids is 6. The van der Waals surface area contributed by atoms with Crippen LogP contribution in [0.5, 0.6) is 0 Å². The number of rotatable bonds is 42. The largest absolute Gasteiger partial charge is 0.463 e. The molecular weight excluding hydrogens is 983 g/mol. The van der Waals surface area contributed by atoms with E-state index in [0.29, 0.717) is 94.5 Å². The van der Waals surface area contributed by atoms with Gasteiger partial charge in [0.05, 0.1) is 0 Å². The van der Waals surface area contributed by atoms with E-state index in [1.807, 2.05) is 19.0 Å². The first-order valence-electron chi connectivity index (χ1n) is 31.4. The van der Waals surface area contributed by atoms with E-state index in [4.69, 9.17) is 37.9 Å². The Morgan fingerprint density at radius 2 is 0.714 bits per heavy atom. The molecule has 444 valence electrons. The zero-order valence-electron chi connectivity index (χ0n) is 48.4. The summed E-state index contributed by atoms with van der Waals surface area (Å²) in [6.07, 6.45) is 35.4. The molecule has 15 heteroatoms. The van der Waals surface area contributed by atoms with Crippen LogP contribution in [0, 0.1) is 23.7 Å². The molecule has 4 fully saturated rings. The summed E-state index contributed by atoms with van der Waals surface area (Å²) in [6.45, 7) is 0.607. The van der Waals surface area contributed by atoms with Gasteiger partial charge in [0.25, 0.3) is 0 Å². The fraction of sp³-hybridized carbons (Fsp3) is 0.903. The van der Waals surface area contributed by atoms with Crippen LogP contribution in [0.25, 0.3) is 0 Å². The quantitative estimate of drug-likeness (QED) is 0.0244. The van der Waals surface area contributed by atoms with Crippen LogP contribution in [0.4, 0.5) is 0 Å². The Labute approximate surface area is 465 Å². The number of unbranched alkanes of at least 4 members (excludes halogenated alkanes) is 1. The van der Waals surface area contributed by atoms with Gasteiger partial charge in [0, 0.05) is 45.1 Å². The molecule has 0 aromatic carbocycles. The molecule has 4 rings (SSSR count). The highest BCUT2D eigenvalue weighted by Gasteiger charge is 2.24. The molecule has 4 saturated carbocycles. The maximum atomic E-state index is 13.3. The minimum Gasteiger partial charge on any atom is -0.463 e. The predicted octanol–water partition coefficient (Wildman–Crippen LogP) is 13.0. The van der Waals surface area contributed by atoms with Gasteiger partial charge in [-0.15, -0.1) is 0 Å². The lowest BCUT2D eigenvalue weighted by Crippen LogP contribution is -2.31. The highest BCUT2D eigenvalue weighted by atomic mass is 16.7. The normalized spacial score (nSPS) is 17.6. The topological polar surface area (TPSA) is 180 Å². The van der Waals surface area contributed by atoms with Crippen molar-refractivity contribution in [3.63, 3.8) is 0 Å². The van der Waals surface area contributed by atoms with Crippen LogP contribution in [-0.2, 0) is 66.7 Å². The Kier molecular flexibility index (Phi) is 36.6. The van der Waals surface area contributed by atoms with Crippen LogP contribution in [0.15, 0.2) is 0 Å². The summed E-state index contributed by atoms with van der Waals surface area (Å²) in [6, 6.07) is 0. The van der Waals surface area contributed by atoms with Crippen molar-refractivity contribution in [3.8, 4) is 0 Å². The minimum atomic E-state index is -0.928. The molecule has 0 amide bonds. The number of esters is 6. The molecule has 1 atom stereocenters. The van der Waals surface area contributed by atoms with Gasteiger partial charge in [-0.05, 0) is 134 Å². The number of carbonyl (C=O) groups is 6. The van der Waals surface area contributed by atoms with Gasteiger partial charge in [0.1, 0.15) is 45.4 Å². The number of hydrogen-bond acceptors (Lipinski definition) is 15. The second kappa shape index (κ2) is 42.6. The molecule has 0 radical (unpaired) electrons. The molecule has 0 N–H and O–H groups in total. The average molecular weight is 1090 g/mol. The van der Waals surface area contributed by atoms with Gasteiger partial charge in [-0.25, -0.2) is 0 Å². The minimum absolute atomic E-state index is 0.0295. The Balaban J connectivity index is 1.20. The smallest absolute Gasteiger partial charge is 0.306 e. The third kappa shape index (κ3) is 34.5. The van der Waals surface area contributed by atoms with Crippen LogP contribution in [0.1, 0.15) is 257 Å². The summed E-state index contributed by atoms with van der Waals surface area (Å²) < 4.78 is 46.0. The number of hydrogen-bond donors (Lipinski definition) is 0. The summed E-state index contributed by atoms with van der Waals surface area (Å²) in [4.78, 5) is 79.3. The van der Waals surface area contributed by atoms with Crippen molar-refractivity contribution in [3.05, 3.63) is 0 Å². The van der Waals surface area contributed by atoms with E-state index in [2.05, 4.69) is 0 Å². The molecule has 0 spiro atoms. The summed E-state index contributed by atoms with van der Waals surface area (Å²) in [5.41, 5.74) is 0. The fourth-order valence-corrected chi connectivity index (χ4v) is 11.9. The summed E-state index contributed by atoms with van der Waals surface area (Å²) >= 11 is 0. The second-order valence-electron chi connectivity index (χ2n) is 23.7. The van der Waals surface area contributed by atoms with Crippen molar-refractivity contribution in [2.75, 3.05) is 60.5 Å². The lowest BCUT2D eigenvalue weighted by molar-refractivity contribution is -0.167. The Bertz CT molecular complexity index is 1500. The first kappa shape index (κ1) is 66.2. The molecule has 0 bridgehead atoms. The van der Waals surface area contributed by atoms with Crippen LogP contribution in [-0.4, -0.2) is 119 Å². The van der Waals surface area contributed by atoms with E-state index < -0.39 is 24.3 Å². The SMILES string of the molecule is CN(C)CCCC(=O)OC(CCCCOCOC(COC(=O)CCCC1CCCCC1)COC(=O)CCCC1CCCCC1)CCCC(=O)OC(COC(=O)CCCC1CCCCC1)COC(=O)CCCC1CCCCC1. The van der Waals surface area contributed by atoms with E-state index in [0.717, 1.165) is 57.9 Å². The molecule has 4 aliphatic carbocycles. The Morgan fingerprint density at radius 1 is 0.377 bits per heavy atom. The molecule has 1 unspecified atom stereocenters. The molecule has 0 heterocycles. The van der Waals surface area contributed by atoms with Crippen LogP contribution in [0.2, 0.25) is 0 Å². The van der Waals surface area contributed by atoms with E-state index in [1.165, 1.54) is 128 Å². The van der Waals surface area contributed by atoms with Gasteiger partial charge in [-0.1, -0.05) is 128 Å². The third-order valence-electron chi connectivity index (χ3n) is 16.5. The molecule has 15 nitrogen and oxygen atoms in total. The Morgan fingerprint density at radius 3 is 1.10 bits per heavy atom. The molecular formula is C62H107NO14. The highest BCUT2D eigenvalue weighted by molar-refractivity contribution is 5.72. The van der Waals surface area contributed by atoms with Crippen LogP contribution < -0.4 is 0 Å². The van der Waals surface area contributed by atoms with Crippen molar-refractivity contribution in [1.82, 2.24) is 4.90 Å². The van der Waals surface area contributed by atoms with Gasteiger partial charge in [0.2, 0.25) is 0 Å². The van der Waals surface area contributed by atoms with Crippen molar-refractivity contribution >= 4 is 35.8 Å². The second-order valence-corrected chi connectivity index (χ2v) is 23.7. The van der Waals surface area contributed by atoms with Crippen LogP contribution in [0.3, 0.4) is 0 Å².